The Morgan fingerprint density at radius 3 is 2.86 bits per heavy atom. The molecule has 1 aliphatic heterocycles. The van der Waals surface area contributed by atoms with Crippen LogP contribution < -0.4 is 5.73 Å². The van der Waals surface area contributed by atoms with Crippen molar-refractivity contribution in [3.63, 3.8) is 0 Å². The van der Waals surface area contributed by atoms with Gasteiger partial charge in [-0.1, -0.05) is 11.2 Å². The van der Waals surface area contributed by atoms with Crippen molar-refractivity contribution in [2.45, 2.75) is 19.4 Å². The first-order valence-corrected chi connectivity index (χ1v) is 6.80. The summed E-state index contributed by atoms with van der Waals surface area (Å²) in [7, 11) is 1.71. The predicted octanol–water partition coefficient (Wildman–Crippen LogP) is 0.583. The van der Waals surface area contributed by atoms with Gasteiger partial charge in [0.2, 0.25) is 5.91 Å². The van der Waals surface area contributed by atoms with Gasteiger partial charge < -0.3 is 20.6 Å². The highest BCUT2D eigenvalue weighted by Crippen LogP contribution is 2.33. The van der Waals surface area contributed by atoms with Crippen molar-refractivity contribution < 1.29 is 14.7 Å². The Balaban J connectivity index is 2.18. The monoisotopic (exact) mass is 292 g/mol. The van der Waals surface area contributed by atoms with Crippen molar-refractivity contribution in [3.05, 3.63) is 30.1 Å². The van der Waals surface area contributed by atoms with E-state index in [9.17, 15) is 4.79 Å². The fourth-order valence-corrected chi connectivity index (χ4v) is 2.60. The number of nitrogens with zero attached hydrogens (tertiary/aromatic N) is 3. The van der Waals surface area contributed by atoms with Gasteiger partial charge in [-0.3, -0.25) is 9.78 Å². The van der Waals surface area contributed by atoms with Crippen molar-refractivity contribution in [2.75, 3.05) is 20.3 Å². The molecule has 0 atom stereocenters. The van der Waals surface area contributed by atoms with Gasteiger partial charge in [0.25, 0.3) is 0 Å². The van der Waals surface area contributed by atoms with Gasteiger partial charge in [-0.25, -0.2) is 0 Å². The van der Waals surface area contributed by atoms with Crippen molar-refractivity contribution in [1.82, 2.24) is 9.88 Å². The Bertz CT molecular complexity index is 512. The number of carbonyl (C=O) groups excluding carboxylic acids is 1. The SMILES string of the molecule is CN(Cc1cccnc1)C(=O)C1(C(N)=NO)CCOCC1. The summed E-state index contributed by atoms with van der Waals surface area (Å²) in [5, 5.41) is 12.1. The number of hydrogen-bond donors (Lipinski definition) is 2. The van der Waals surface area contributed by atoms with Crippen LogP contribution in [0.4, 0.5) is 0 Å². The standard InChI is InChI=1S/C14H20N4O3/c1-18(10-11-3-2-6-16-9-11)13(19)14(12(15)17-20)4-7-21-8-5-14/h2-3,6,9,20H,4-5,7-8,10H2,1H3,(H2,15,17). The first-order valence-electron chi connectivity index (χ1n) is 6.80. The molecule has 0 aliphatic carbocycles. The van der Waals surface area contributed by atoms with E-state index in [0.29, 0.717) is 32.6 Å². The Morgan fingerprint density at radius 1 is 1.57 bits per heavy atom. The Hall–Kier alpha value is -2.15. The van der Waals surface area contributed by atoms with E-state index in [4.69, 9.17) is 15.7 Å². The lowest BCUT2D eigenvalue weighted by atomic mass is 9.77. The van der Waals surface area contributed by atoms with Gasteiger partial charge in [0.05, 0.1) is 0 Å². The number of aromatic nitrogens is 1. The summed E-state index contributed by atoms with van der Waals surface area (Å²) >= 11 is 0. The lowest BCUT2D eigenvalue weighted by Crippen LogP contribution is -2.53. The Morgan fingerprint density at radius 2 is 2.29 bits per heavy atom. The summed E-state index contributed by atoms with van der Waals surface area (Å²) in [6.45, 7) is 1.26. The molecule has 2 heterocycles. The summed E-state index contributed by atoms with van der Waals surface area (Å²) in [5.74, 6) is -0.209. The Kier molecular flexibility index (Phi) is 4.74. The number of ether oxygens (including phenoxy) is 1. The highest BCUT2D eigenvalue weighted by atomic mass is 16.5. The fourth-order valence-electron chi connectivity index (χ4n) is 2.60. The zero-order chi connectivity index (χ0) is 15.3. The van der Waals surface area contributed by atoms with Crippen LogP contribution in [0.25, 0.3) is 0 Å². The number of carbonyl (C=O) groups is 1. The lowest BCUT2D eigenvalue weighted by molar-refractivity contribution is -0.141. The molecule has 1 aromatic heterocycles. The van der Waals surface area contributed by atoms with E-state index in [0.717, 1.165) is 5.56 Å². The summed E-state index contributed by atoms with van der Waals surface area (Å²) in [5.41, 5.74) is 5.74. The topological polar surface area (TPSA) is 101 Å². The number of hydrogen-bond acceptors (Lipinski definition) is 5. The number of pyridine rings is 1. The molecule has 0 unspecified atom stereocenters. The van der Waals surface area contributed by atoms with Gasteiger partial charge in [-0.2, -0.15) is 0 Å². The molecule has 1 saturated heterocycles. The molecule has 0 spiro atoms. The van der Waals surface area contributed by atoms with Crippen LogP contribution in [0.1, 0.15) is 18.4 Å². The van der Waals surface area contributed by atoms with Crippen LogP contribution in [0.2, 0.25) is 0 Å². The quantitative estimate of drug-likeness (QED) is 0.366. The molecule has 1 aliphatic rings. The van der Waals surface area contributed by atoms with E-state index in [2.05, 4.69) is 10.1 Å². The third-order valence-electron chi connectivity index (χ3n) is 3.84. The predicted molar refractivity (Wildman–Crippen MR) is 76.6 cm³/mol. The zero-order valence-corrected chi connectivity index (χ0v) is 12.0. The van der Waals surface area contributed by atoms with Gasteiger partial charge >= 0.3 is 0 Å². The summed E-state index contributed by atoms with van der Waals surface area (Å²) in [6.07, 6.45) is 4.23. The van der Waals surface area contributed by atoms with Gasteiger partial charge in [0, 0.05) is 39.2 Å². The lowest BCUT2D eigenvalue weighted by Gasteiger charge is -2.37. The molecule has 7 heteroatoms. The molecule has 7 nitrogen and oxygen atoms in total. The molecule has 1 amide bonds. The van der Waals surface area contributed by atoms with Crippen LogP contribution >= 0.6 is 0 Å². The van der Waals surface area contributed by atoms with Crippen molar-refractivity contribution >= 4 is 11.7 Å². The van der Waals surface area contributed by atoms with Crippen LogP contribution in [0.5, 0.6) is 0 Å². The molecular formula is C14H20N4O3. The fraction of sp³-hybridized carbons (Fsp3) is 0.500. The maximum atomic E-state index is 12.8. The van der Waals surface area contributed by atoms with E-state index in [-0.39, 0.29) is 11.7 Å². The van der Waals surface area contributed by atoms with Crippen LogP contribution in [-0.2, 0) is 16.1 Å². The summed E-state index contributed by atoms with van der Waals surface area (Å²) in [4.78, 5) is 18.4. The molecule has 0 bridgehead atoms. The maximum absolute atomic E-state index is 12.8. The molecule has 3 N–H and O–H groups in total. The van der Waals surface area contributed by atoms with Crippen molar-refractivity contribution in [1.29, 1.82) is 0 Å². The molecule has 21 heavy (non-hydrogen) atoms. The van der Waals surface area contributed by atoms with Crippen LogP contribution in [0, 0.1) is 5.41 Å². The largest absolute Gasteiger partial charge is 0.409 e. The highest BCUT2D eigenvalue weighted by molar-refractivity contribution is 6.06. The first kappa shape index (κ1) is 15.2. The first-order chi connectivity index (χ1) is 10.1. The van der Waals surface area contributed by atoms with Crippen LogP contribution in [-0.4, -0.2) is 47.1 Å². The van der Waals surface area contributed by atoms with E-state index in [1.54, 1.807) is 24.3 Å². The number of amides is 1. The number of oxime groups is 1. The van der Waals surface area contributed by atoms with Crippen molar-refractivity contribution in [2.24, 2.45) is 16.3 Å². The third-order valence-corrected chi connectivity index (χ3v) is 3.84. The highest BCUT2D eigenvalue weighted by Gasteiger charge is 2.45. The van der Waals surface area contributed by atoms with E-state index >= 15 is 0 Å². The van der Waals surface area contributed by atoms with Gasteiger partial charge in [-0.05, 0) is 24.5 Å². The summed E-state index contributed by atoms with van der Waals surface area (Å²) < 4.78 is 5.29. The van der Waals surface area contributed by atoms with Gasteiger partial charge in [0.1, 0.15) is 5.41 Å². The normalized spacial score (nSPS) is 18.2. The van der Waals surface area contributed by atoms with Crippen LogP contribution in [0.3, 0.4) is 0 Å². The molecule has 0 radical (unpaired) electrons. The van der Waals surface area contributed by atoms with Gasteiger partial charge in [-0.15, -0.1) is 0 Å². The van der Waals surface area contributed by atoms with Gasteiger partial charge in [0.15, 0.2) is 5.84 Å². The minimum Gasteiger partial charge on any atom is -0.409 e. The number of nitrogens with two attached hydrogens (primary N) is 1. The van der Waals surface area contributed by atoms with E-state index in [1.165, 1.54) is 0 Å². The second-order valence-corrected chi connectivity index (χ2v) is 5.20. The molecule has 1 aromatic rings. The maximum Gasteiger partial charge on any atom is 0.236 e. The molecule has 0 saturated carbocycles. The molecule has 0 aromatic carbocycles. The van der Waals surface area contributed by atoms with E-state index in [1.807, 2.05) is 12.1 Å². The van der Waals surface area contributed by atoms with Crippen LogP contribution in [0.15, 0.2) is 29.7 Å². The smallest absolute Gasteiger partial charge is 0.236 e. The van der Waals surface area contributed by atoms with E-state index < -0.39 is 5.41 Å². The average molecular weight is 292 g/mol. The minimum absolute atomic E-state index is 0.0474. The minimum atomic E-state index is -0.982. The second kappa shape index (κ2) is 6.53. The second-order valence-electron chi connectivity index (χ2n) is 5.20. The number of rotatable bonds is 4. The van der Waals surface area contributed by atoms with Crippen molar-refractivity contribution in [3.8, 4) is 0 Å². The average Bonchev–Trinajstić information content (AvgIpc) is 2.54. The molecule has 1 fully saturated rings. The zero-order valence-electron chi connectivity index (χ0n) is 12.0. The third kappa shape index (κ3) is 3.13. The molecular weight excluding hydrogens is 272 g/mol. The molecule has 2 rings (SSSR count). The Labute approximate surface area is 123 Å². The summed E-state index contributed by atoms with van der Waals surface area (Å²) in [6, 6.07) is 3.72. The molecule has 114 valence electrons. The number of amidine groups is 1.